The Kier molecular flexibility index (Phi) is 4.33. The Morgan fingerprint density at radius 1 is 0.526 bits per heavy atom. The van der Waals surface area contributed by atoms with E-state index in [-0.39, 0.29) is 71.0 Å². The molecule has 8 unspecified atom stereocenters. The van der Waals surface area contributed by atoms with Crippen molar-refractivity contribution in [2.45, 2.75) is 26.7 Å². The van der Waals surface area contributed by atoms with Crippen molar-refractivity contribution in [2.75, 3.05) is 9.80 Å². The van der Waals surface area contributed by atoms with Crippen molar-refractivity contribution in [1.82, 2.24) is 0 Å². The van der Waals surface area contributed by atoms with Crippen molar-refractivity contribution in [1.29, 1.82) is 0 Å². The highest BCUT2D eigenvalue weighted by Gasteiger charge is 2.60. The molecule has 2 aromatic carbocycles. The van der Waals surface area contributed by atoms with E-state index in [4.69, 9.17) is 0 Å². The number of benzene rings is 2. The number of nitrogens with zero attached hydrogens (tertiary/aromatic N) is 2. The molecule has 6 aliphatic rings. The van der Waals surface area contributed by atoms with Crippen LogP contribution in [0, 0.1) is 61.2 Å². The van der Waals surface area contributed by atoms with Crippen molar-refractivity contribution < 1.29 is 19.2 Å². The van der Waals surface area contributed by atoms with Crippen LogP contribution in [0.4, 0.5) is 11.4 Å². The summed E-state index contributed by atoms with van der Waals surface area (Å²) in [4.78, 5) is 56.0. The topological polar surface area (TPSA) is 74.8 Å². The molecule has 4 fully saturated rings. The Hall–Kier alpha value is -3.80. The Labute approximate surface area is 221 Å². The molecule has 6 heteroatoms. The second-order valence-corrected chi connectivity index (χ2v) is 12.0. The number of allylic oxidation sites excluding steroid dienone is 4. The molecule has 4 bridgehead atoms. The lowest BCUT2D eigenvalue weighted by atomic mass is 9.85. The molecule has 0 spiro atoms. The van der Waals surface area contributed by atoms with Crippen molar-refractivity contribution in [3.05, 3.63) is 71.8 Å². The van der Waals surface area contributed by atoms with Gasteiger partial charge in [-0.15, -0.1) is 0 Å². The second kappa shape index (κ2) is 7.40. The fraction of sp³-hybridized carbons (Fsp3) is 0.375. The fourth-order valence-corrected chi connectivity index (χ4v) is 8.45. The largest absolute Gasteiger partial charge is 0.274 e. The van der Waals surface area contributed by atoms with E-state index in [0.717, 1.165) is 35.1 Å². The first-order valence-electron chi connectivity index (χ1n) is 13.7. The normalized spacial score (nSPS) is 35.8. The maximum absolute atomic E-state index is 13.3. The molecule has 2 aromatic rings. The van der Waals surface area contributed by atoms with Crippen LogP contribution < -0.4 is 9.80 Å². The minimum Gasteiger partial charge on any atom is -0.274 e. The van der Waals surface area contributed by atoms with Gasteiger partial charge in [0.1, 0.15) is 0 Å². The summed E-state index contributed by atoms with van der Waals surface area (Å²) in [5.74, 6) is -0.380. The zero-order chi connectivity index (χ0) is 26.0. The highest BCUT2D eigenvalue weighted by molar-refractivity contribution is 6.24. The molecule has 8 atom stereocenters. The molecule has 2 heterocycles. The lowest BCUT2D eigenvalue weighted by Crippen LogP contribution is -2.33. The monoisotopic (exact) mass is 504 g/mol. The Bertz CT molecular complexity index is 1380. The van der Waals surface area contributed by atoms with Gasteiger partial charge in [-0.2, -0.15) is 0 Å². The summed E-state index contributed by atoms with van der Waals surface area (Å²) in [6, 6.07) is 11.6. The quantitative estimate of drug-likeness (QED) is 0.453. The molecule has 2 aliphatic heterocycles. The van der Waals surface area contributed by atoms with Crippen molar-refractivity contribution >= 4 is 35.0 Å². The summed E-state index contributed by atoms with van der Waals surface area (Å²) in [5.41, 5.74) is 4.97. The highest BCUT2D eigenvalue weighted by Crippen LogP contribution is 2.54. The Morgan fingerprint density at radius 3 is 1.13 bits per heavy atom. The molecule has 0 aromatic heterocycles. The van der Waals surface area contributed by atoms with E-state index in [0.29, 0.717) is 11.4 Å². The number of hydrogen-bond donors (Lipinski definition) is 0. The molecule has 8 rings (SSSR count). The van der Waals surface area contributed by atoms with Gasteiger partial charge < -0.3 is 0 Å². The van der Waals surface area contributed by atoms with Gasteiger partial charge in [-0.1, -0.05) is 36.4 Å². The third-order valence-electron chi connectivity index (χ3n) is 10.1. The zero-order valence-corrected chi connectivity index (χ0v) is 21.3. The zero-order valence-electron chi connectivity index (χ0n) is 21.3. The van der Waals surface area contributed by atoms with Crippen molar-refractivity contribution in [3.8, 4) is 11.1 Å². The van der Waals surface area contributed by atoms with Gasteiger partial charge >= 0.3 is 0 Å². The van der Waals surface area contributed by atoms with Crippen molar-refractivity contribution in [2.24, 2.45) is 47.3 Å². The molecule has 0 N–H and O–H groups in total. The third-order valence-corrected chi connectivity index (χ3v) is 10.1. The predicted molar refractivity (Wildman–Crippen MR) is 142 cm³/mol. The lowest BCUT2D eigenvalue weighted by molar-refractivity contribution is -0.124. The molecular formula is C32H28N2O4. The van der Waals surface area contributed by atoms with E-state index in [1.165, 1.54) is 9.80 Å². The van der Waals surface area contributed by atoms with Crippen LogP contribution in [0.2, 0.25) is 0 Å². The maximum Gasteiger partial charge on any atom is 0.238 e. The van der Waals surface area contributed by atoms with E-state index < -0.39 is 0 Å². The van der Waals surface area contributed by atoms with Gasteiger partial charge in [0, 0.05) is 0 Å². The minimum absolute atomic E-state index is 0.0683. The van der Waals surface area contributed by atoms with Crippen LogP contribution in [0.15, 0.2) is 60.7 Å². The van der Waals surface area contributed by atoms with E-state index in [1.54, 1.807) is 0 Å². The Balaban J connectivity index is 1.08. The first kappa shape index (κ1) is 22.2. The minimum atomic E-state index is -0.215. The van der Waals surface area contributed by atoms with Crippen LogP contribution in [0.5, 0.6) is 0 Å². The molecule has 190 valence electrons. The number of fused-ring (bicyclic) bond motifs is 10. The van der Waals surface area contributed by atoms with Gasteiger partial charge in [0.2, 0.25) is 23.6 Å². The van der Waals surface area contributed by atoms with Crippen LogP contribution >= 0.6 is 0 Å². The first-order valence-corrected chi connectivity index (χ1v) is 13.7. The number of anilines is 2. The number of carbonyl (C=O) groups is 4. The van der Waals surface area contributed by atoms with Gasteiger partial charge in [0.15, 0.2) is 0 Å². The molecule has 4 amide bonds. The maximum atomic E-state index is 13.3. The number of aryl methyl sites for hydroxylation is 2. The summed E-state index contributed by atoms with van der Waals surface area (Å²) in [5, 5.41) is 0. The van der Waals surface area contributed by atoms with Crippen LogP contribution in [0.25, 0.3) is 11.1 Å². The second-order valence-electron chi connectivity index (χ2n) is 12.0. The van der Waals surface area contributed by atoms with E-state index in [1.807, 2.05) is 50.2 Å². The lowest BCUT2D eigenvalue weighted by Gasteiger charge is -2.21. The van der Waals surface area contributed by atoms with Gasteiger partial charge in [-0.25, -0.2) is 9.80 Å². The standard InChI is InChI=1S/C32H28N2O4/c1-15-11-17(7-9-23(15)33-29(35)25-19-3-4-20(13-19)26(25)30(33)36)18-8-10-24(16(2)12-18)34-31(37)27-21-5-6-22(14-21)28(27)32(34)38/h3-12,19-22,25-28H,13-14H2,1-2H3. The highest BCUT2D eigenvalue weighted by atomic mass is 16.2. The first-order chi connectivity index (χ1) is 18.3. The number of rotatable bonds is 3. The molecule has 6 nitrogen and oxygen atoms in total. The molecule has 0 radical (unpaired) electrons. The molecule has 2 saturated heterocycles. The van der Waals surface area contributed by atoms with E-state index in [2.05, 4.69) is 24.3 Å². The summed E-state index contributed by atoms with van der Waals surface area (Å²) < 4.78 is 0. The number of hydrogen-bond acceptors (Lipinski definition) is 4. The average molecular weight is 505 g/mol. The fourth-order valence-electron chi connectivity index (χ4n) is 8.45. The third kappa shape index (κ3) is 2.68. The van der Waals surface area contributed by atoms with E-state index >= 15 is 0 Å². The molecule has 4 aliphatic carbocycles. The van der Waals surface area contributed by atoms with Gasteiger partial charge in [0.05, 0.1) is 35.0 Å². The summed E-state index contributed by atoms with van der Waals surface area (Å²) >= 11 is 0. The Morgan fingerprint density at radius 2 is 0.842 bits per heavy atom. The number of amides is 4. The average Bonchev–Trinajstić information content (AvgIpc) is 3.74. The summed E-state index contributed by atoms with van der Waals surface area (Å²) in [6.07, 6.45) is 10.3. The van der Waals surface area contributed by atoms with Gasteiger partial charge in [-0.05, 0) is 96.9 Å². The van der Waals surface area contributed by atoms with Crippen molar-refractivity contribution in [3.63, 3.8) is 0 Å². The van der Waals surface area contributed by atoms with Crippen LogP contribution in [0.3, 0.4) is 0 Å². The van der Waals surface area contributed by atoms with Gasteiger partial charge in [0.25, 0.3) is 0 Å². The van der Waals surface area contributed by atoms with Crippen LogP contribution in [-0.2, 0) is 19.2 Å². The smallest absolute Gasteiger partial charge is 0.238 e. The molecular weight excluding hydrogens is 476 g/mol. The molecule has 2 saturated carbocycles. The SMILES string of the molecule is Cc1cc(-c2ccc(N3C(=O)C4C5C=CC(C5)C4C3=O)c(C)c2)ccc1N1C(=O)C2C3C=CC(C3)C2C1=O. The van der Waals surface area contributed by atoms with E-state index in [9.17, 15) is 19.2 Å². The van der Waals surface area contributed by atoms with Crippen LogP contribution in [0.1, 0.15) is 24.0 Å². The summed E-state index contributed by atoms with van der Waals surface area (Å²) in [6.45, 7) is 3.87. The van der Waals surface area contributed by atoms with Gasteiger partial charge in [-0.3, -0.25) is 19.2 Å². The number of carbonyl (C=O) groups excluding carboxylic acids is 4. The predicted octanol–water partition coefficient (Wildman–Crippen LogP) is 4.59. The molecule has 38 heavy (non-hydrogen) atoms. The van der Waals surface area contributed by atoms with Crippen LogP contribution in [-0.4, -0.2) is 23.6 Å². The summed E-state index contributed by atoms with van der Waals surface area (Å²) in [7, 11) is 0. The number of imide groups is 2.